The summed E-state index contributed by atoms with van der Waals surface area (Å²) in [7, 11) is 0. The number of hydrogen-bond acceptors (Lipinski definition) is 3. The first-order valence-electron chi connectivity index (χ1n) is 5.52. The standard InChI is InChI=1S/C11H22N2O2/c1-11(2,3)9(12)6-10(14)13-8-4-5-15-7-8/h8-9H,4-7,12H2,1-3H3,(H,13,14). The zero-order valence-electron chi connectivity index (χ0n) is 9.88. The van der Waals surface area contributed by atoms with Crippen LogP contribution in [0.2, 0.25) is 0 Å². The van der Waals surface area contributed by atoms with Crippen molar-refractivity contribution < 1.29 is 9.53 Å². The van der Waals surface area contributed by atoms with Crippen LogP contribution in [0.3, 0.4) is 0 Å². The minimum Gasteiger partial charge on any atom is -0.379 e. The average Bonchev–Trinajstić information content (AvgIpc) is 2.54. The van der Waals surface area contributed by atoms with Gasteiger partial charge < -0.3 is 15.8 Å². The third-order valence-corrected chi connectivity index (χ3v) is 2.81. The molecule has 1 amide bonds. The lowest BCUT2D eigenvalue weighted by Gasteiger charge is -2.26. The van der Waals surface area contributed by atoms with Gasteiger partial charge in [0.15, 0.2) is 0 Å². The number of carbonyl (C=O) groups excluding carboxylic acids is 1. The first-order valence-corrected chi connectivity index (χ1v) is 5.52. The fourth-order valence-electron chi connectivity index (χ4n) is 1.44. The molecule has 0 bridgehead atoms. The fourth-order valence-corrected chi connectivity index (χ4v) is 1.44. The lowest BCUT2D eigenvalue weighted by atomic mass is 9.85. The van der Waals surface area contributed by atoms with E-state index in [0.717, 1.165) is 13.0 Å². The number of nitrogens with two attached hydrogens (primary N) is 1. The second kappa shape index (κ2) is 4.94. The van der Waals surface area contributed by atoms with Crippen molar-refractivity contribution in [2.75, 3.05) is 13.2 Å². The Morgan fingerprint density at radius 1 is 1.60 bits per heavy atom. The van der Waals surface area contributed by atoms with Crippen LogP contribution < -0.4 is 11.1 Å². The van der Waals surface area contributed by atoms with Crippen molar-refractivity contribution in [1.82, 2.24) is 5.32 Å². The van der Waals surface area contributed by atoms with Gasteiger partial charge in [-0.15, -0.1) is 0 Å². The Morgan fingerprint density at radius 2 is 2.27 bits per heavy atom. The summed E-state index contributed by atoms with van der Waals surface area (Å²) in [5.41, 5.74) is 5.91. The van der Waals surface area contributed by atoms with E-state index in [1.165, 1.54) is 0 Å². The van der Waals surface area contributed by atoms with Gasteiger partial charge in [0.25, 0.3) is 0 Å². The van der Waals surface area contributed by atoms with E-state index in [1.54, 1.807) is 0 Å². The molecular formula is C11H22N2O2. The predicted molar refractivity (Wildman–Crippen MR) is 59.4 cm³/mol. The maximum absolute atomic E-state index is 11.6. The van der Waals surface area contributed by atoms with Crippen LogP contribution in [0.15, 0.2) is 0 Å². The van der Waals surface area contributed by atoms with Crippen molar-refractivity contribution in [2.45, 2.75) is 45.7 Å². The molecule has 4 nitrogen and oxygen atoms in total. The maximum Gasteiger partial charge on any atom is 0.221 e. The van der Waals surface area contributed by atoms with Gasteiger partial charge in [-0.1, -0.05) is 20.8 Å². The van der Waals surface area contributed by atoms with E-state index in [9.17, 15) is 4.79 Å². The van der Waals surface area contributed by atoms with Crippen molar-refractivity contribution in [3.63, 3.8) is 0 Å². The molecule has 0 saturated carbocycles. The predicted octanol–water partition coefficient (Wildman–Crippen LogP) is 0.655. The Kier molecular flexibility index (Phi) is 4.11. The van der Waals surface area contributed by atoms with Gasteiger partial charge in [-0.25, -0.2) is 0 Å². The van der Waals surface area contributed by atoms with E-state index in [4.69, 9.17) is 10.5 Å². The van der Waals surface area contributed by atoms with E-state index >= 15 is 0 Å². The van der Waals surface area contributed by atoms with Crippen LogP contribution in [-0.2, 0) is 9.53 Å². The van der Waals surface area contributed by atoms with Crippen molar-refractivity contribution in [2.24, 2.45) is 11.1 Å². The molecule has 1 saturated heterocycles. The van der Waals surface area contributed by atoms with Crippen LogP contribution in [0.5, 0.6) is 0 Å². The SMILES string of the molecule is CC(C)(C)C(N)CC(=O)NC1CCOC1. The molecule has 0 spiro atoms. The summed E-state index contributed by atoms with van der Waals surface area (Å²) >= 11 is 0. The molecule has 1 aliphatic rings. The molecule has 1 rings (SSSR count). The number of nitrogens with one attached hydrogen (secondary N) is 1. The Balaban J connectivity index is 2.29. The van der Waals surface area contributed by atoms with Gasteiger partial charge >= 0.3 is 0 Å². The molecule has 0 aromatic rings. The van der Waals surface area contributed by atoms with E-state index in [-0.39, 0.29) is 23.4 Å². The molecule has 0 aromatic carbocycles. The third kappa shape index (κ3) is 4.18. The summed E-state index contributed by atoms with van der Waals surface area (Å²) in [6, 6.07) is 0.0875. The Labute approximate surface area is 91.5 Å². The minimum absolute atomic E-state index is 0.0243. The van der Waals surface area contributed by atoms with E-state index in [1.807, 2.05) is 20.8 Å². The highest BCUT2D eigenvalue weighted by molar-refractivity contribution is 5.77. The summed E-state index contributed by atoms with van der Waals surface area (Å²) in [4.78, 5) is 11.6. The lowest BCUT2D eigenvalue weighted by molar-refractivity contribution is -0.122. The van der Waals surface area contributed by atoms with Crippen molar-refractivity contribution in [1.29, 1.82) is 0 Å². The minimum atomic E-state index is -0.0974. The zero-order chi connectivity index (χ0) is 11.5. The lowest BCUT2D eigenvalue weighted by Crippen LogP contribution is -2.43. The van der Waals surface area contributed by atoms with Gasteiger partial charge in [-0.2, -0.15) is 0 Å². The molecule has 1 fully saturated rings. The van der Waals surface area contributed by atoms with Crippen LogP contribution in [0.25, 0.3) is 0 Å². The van der Waals surface area contributed by atoms with Gasteiger partial charge in [0.2, 0.25) is 5.91 Å². The molecule has 2 unspecified atom stereocenters. The Morgan fingerprint density at radius 3 is 2.73 bits per heavy atom. The smallest absolute Gasteiger partial charge is 0.221 e. The molecule has 0 aliphatic carbocycles. The molecule has 2 atom stereocenters. The van der Waals surface area contributed by atoms with Crippen LogP contribution >= 0.6 is 0 Å². The number of rotatable bonds is 3. The molecule has 1 aliphatic heterocycles. The molecule has 0 aromatic heterocycles. The molecular weight excluding hydrogens is 192 g/mol. The summed E-state index contributed by atoms with van der Waals surface area (Å²) in [5, 5.41) is 2.94. The maximum atomic E-state index is 11.6. The van der Waals surface area contributed by atoms with Crippen LogP contribution in [0.4, 0.5) is 0 Å². The summed E-state index contributed by atoms with van der Waals surface area (Å²) in [6.45, 7) is 7.52. The summed E-state index contributed by atoms with van der Waals surface area (Å²) in [6.07, 6.45) is 1.30. The number of amides is 1. The van der Waals surface area contributed by atoms with Crippen molar-refractivity contribution in [3.05, 3.63) is 0 Å². The van der Waals surface area contributed by atoms with Gasteiger partial charge in [-0.3, -0.25) is 4.79 Å². The second-order valence-corrected chi connectivity index (χ2v) is 5.30. The van der Waals surface area contributed by atoms with Crippen molar-refractivity contribution >= 4 is 5.91 Å². The van der Waals surface area contributed by atoms with E-state index < -0.39 is 0 Å². The number of carbonyl (C=O) groups is 1. The topological polar surface area (TPSA) is 64.4 Å². The zero-order valence-corrected chi connectivity index (χ0v) is 9.88. The molecule has 1 heterocycles. The molecule has 3 N–H and O–H groups in total. The van der Waals surface area contributed by atoms with E-state index in [0.29, 0.717) is 13.0 Å². The van der Waals surface area contributed by atoms with Gasteiger partial charge in [-0.05, 0) is 11.8 Å². The van der Waals surface area contributed by atoms with Crippen LogP contribution in [-0.4, -0.2) is 31.2 Å². The summed E-state index contributed by atoms with van der Waals surface area (Å²) < 4.78 is 5.18. The third-order valence-electron chi connectivity index (χ3n) is 2.81. The highest BCUT2D eigenvalue weighted by atomic mass is 16.5. The van der Waals surface area contributed by atoms with Gasteiger partial charge in [0, 0.05) is 19.1 Å². The van der Waals surface area contributed by atoms with E-state index in [2.05, 4.69) is 5.32 Å². The molecule has 88 valence electrons. The van der Waals surface area contributed by atoms with Crippen LogP contribution in [0, 0.1) is 5.41 Å². The van der Waals surface area contributed by atoms with Crippen LogP contribution in [0.1, 0.15) is 33.6 Å². The Hall–Kier alpha value is -0.610. The normalized spacial score (nSPS) is 23.9. The highest BCUT2D eigenvalue weighted by Crippen LogP contribution is 2.19. The Bertz CT molecular complexity index is 217. The first kappa shape index (κ1) is 12.5. The second-order valence-electron chi connectivity index (χ2n) is 5.30. The average molecular weight is 214 g/mol. The van der Waals surface area contributed by atoms with Gasteiger partial charge in [0.05, 0.1) is 12.6 Å². The monoisotopic (exact) mass is 214 g/mol. The largest absolute Gasteiger partial charge is 0.379 e. The molecule has 4 heteroatoms. The highest BCUT2D eigenvalue weighted by Gasteiger charge is 2.25. The van der Waals surface area contributed by atoms with Gasteiger partial charge in [0.1, 0.15) is 0 Å². The van der Waals surface area contributed by atoms with Crippen molar-refractivity contribution in [3.8, 4) is 0 Å². The summed E-state index contributed by atoms with van der Waals surface area (Å²) in [5.74, 6) is 0.0351. The fraction of sp³-hybridized carbons (Fsp3) is 0.909. The molecule has 0 radical (unpaired) electrons. The number of ether oxygens (including phenoxy) is 1. The molecule has 15 heavy (non-hydrogen) atoms. The quantitative estimate of drug-likeness (QED) is 0.725. The number of hydrogen-bond donors (Lipinski definition) is 2. The first-order chi connectivity index (χ1) is 6.89.